The number of esters is 2. The average Bonchev–Trinajstić information content (AvgIpc) is 3.19. The lowest BCUT2D eigenvalue weighted by Gasteiger charge is -2.12. The van der Waals surface area contributed by atoms with Gasteiger partial charge in [0.1, 0.15) is 5.00 Å². The molecule has 1 aliphatic carbocycles. The molecule has 8 heteroatoms. The van der Waals surface area contributed by atoms with Gasteiger partial charge in [-0.3, -0.25) is 9.59 Å². The molecule has 1 heterocycles. The molecule has 6 nitrogen and oxygen atoms in total. The highest BCUT2D eigenvalue weighted by atomic mass is 79.9. The lowest BCUT2D eigenvalue weighted by atomic mass is 9.99. The summed E-state index contributed by atoms with van der Waals surface area (Å²) in [4.78, 5) is 38.0. The standard InChI is InChI=1S/C18H16BrNO5S/c1-24-17(22)10-7-8-12-13(10)14(18(23)25-2)16(26-12)20-15(21)9-5-3-4-6-11(9)19/h3-6,10H,7-8H2,1-2H3,(H,20,21). The molecule has 0 spiro atoms. The summed E-state index contributed by atoms with van der Waals surface area (Å²) < 4.78 is 10.4. The van der Waals surface area contributed by atoms with Crippen molar-refractivity contribution in [3.05, 3.63) is 50.3 Å². The third-order valence-electron chi connectivity index (χ3n) is 4.25. The number of nitrogens with one attached hydrogen (secondary N) is 1. The normalized spacial score (nSPS) is 15.3. The second-order valence-corrected chi connectivity index (χ2v) is 7.64. The fourth-order valence-corrected chi connectivity index (χ4v) is 4.78. The number of amides is 1. The van der Waals surface area contributed by atoms with E-state index in [1.807, 2.05) is 0 Å². The summed E-state index contributed by atoms with van der Waals surface area (Å²) in [7, 11) is 2.59. The van der Waals surface area contributed by atoms with E-state index in [9.17, 15) is 14.4 Å². The van der Waals surface area contributed by atoms with Crippen molar-refractivity contribution in [1.82, 2.24) is 0 Å². The van der Waals surface area contributed by atoms with E-state index in [0.717, 1.165) is 4.88 Å². The lowest BCUT2D eigenvalue weighted by Crippen LogP contribution is -2.18. The van der Waals surface area contributed by atoms with E-state index in [-0.39, 0.29) is 11.5 Å². The molecule has 0 fully saturated rings. The van der Waals surface area contributed by atoms with Gasteiger partial charge in [-0.2, -0.15) is 0 Å². The first-order chi connectivity index (χ1) is 12.5. The maximum Gasteiger partial charge on any atom is 0.341 e. The summed E-state index contributed by atoms with van der Waals surface area (Å²) >= 11 is 4.64. The van der Waals surface area contributed by atoms with Gasteiger partial charge in [-0.25, -0.2) is 4.79 Å². The van der Waals surface area contributed by atoms with Crippen LogP contribution in [0.3, 0.4) is 0 Å². The molecule has 1 N–H and O–H groups in total. The Morgan fingerprint density at radius 3 is 2.58 bits per heavy atom. The van der Waals surface area contributed by atoms with Gasteiger partial charge >= 0.3 is 11.9 Å². The summed E-state index contributed by atoms with van der Waals surface area (Å²) in [5.41, 5.74) is 1.29. The summed E-state index contributed by atoms with van der Waals surface area (Å²) in [6.07, 6.45) is 1.23. The molecule has 3 rings (SSSR count). The number of hydrogen-bond acceptors (Lipinski definition) is 6. The van der Waals surface area contributed by atoms with Crippen molar-refractivity contribution < 1.29 is 23.9 Å². The van der Waals surface area contributed by atoms with Gasteiger partial charge in [-0.05, 0) is 46.5 Å². The summed E-state index contributed by atoms with van der Waals surface area (Å²) in [5, 5.41) is 3.17. The Hall–Kier alpha value is -2.19. The van der Waals surface area contributed by atoms with E-state index in [2.05, 4.69) is 21.2 Å². The zero-order valence-electron chi connectivity index (χ0n) is 14.1. The number of methoxy groups -OCH3 is 2. The first-order valence-corrected chi connectivity index (χ1v) is 9.46. The molecule has 2 aromatic rings. The van der Waals surface area contributed by atoms with Crippen molar-refractivity contribution in [3.63, 3.8) is 0 Å². The molecule has 0 aliphatic heterocycles. The Kier molecular flexibility index (Phi) is 5.43. The highest BCUT2D eigenvalue weighted by molar-refractivity contribution is 9.10. The molecule has 0 saturated carbocycles. The van der Waals surface area contributed by atoms with E-state index in [4.69, 9.17) is 9.47 Å². The minimum atomic E-state index is -0.583. The van der Waals surface area contributed by atoms with Crippen molar-refractivity contribution in [2.75, 3.05) is 19.5 Å². The highest BCUT2D eigenvalue weighted by Crippen LogP contribution is 2.46. The number of hydrogen-bond donors (Lipinski definition) is 1. The molecule has 26 heavy (non-hydrogen) atoms. The number of carbonyl (C=O) groups is 3. The summed E-state index contributed by atoms with van der Waals surface area (Å²) in [6.45, 7) is 0. The Labute approximate surface area is 162 Å². The van der Waals surface area contributed by atoms with Gasteiger partial charge in [0.05, 0.1) is 31.3 Å². The Morgan fingerprint density at radius 1 is 1.19 bits per heavy atom. The van der Waals surface area contributed by atoms with Gasteiger partial charge in [0, 0.05) is 9.35 Å². The smallest absolute Gasteiger partial charge is 0.341 e. The fraction of sp³-hybridized carbons (Fsp3) is 0.278. The van der Waals surface area contributed by atoms with Crippen molar-refractivity contribution in [2.24, 2.45) is 0 Å². The minimum Gasteiger partial charge on any atom is -0.469 e. The molecule has 0 radical (unpaired) electrons. The van der Waals surface area contributed by atoms with E-state index in [1.54, 1.807) is 24.3 Å². The van der Waals surface area contributed by atoms with Gasteiger partial charge < -0.3 is 14.8 Å². The number of aryl methyl sites for hydroxylation is 1. The average molecular weight is 438 g/mol. The zero-order valence-corrected chi connectivity index (χ0v) is 16.5. The molecule has 1 unspecified atom stereocenters. The number of carbonyl (C=O) groups excluding carboxylic acids is 3. The fourth-order valence-electron chi connectivity index (χ4n) is 3.05. The van der Waals surface area contributed by atoms with E-state index >= 15 is 0 Å². The minimum absolute atomic E-state index is 0.237. The predicted octanol–water partition coefficient (Wildman–Crippen LogP) is 3.75. The van der Waals surface area contributed by atoms with Gasteiger partial charge in [0.2, 0.25) is 0 Å². The third kappa shape index (κ3) is 3.26. The van der Waals surface area contributed by atoms with Crippen LogP contribution < -0.4 is 5.32 Å². The van der Waals surface area contributed by atoms with Crippen LogP contribution in [0, 0.1) is 0 Å². The Balaban J connectivity index is 2.01. The second kappa shape index (κ2) is 7.59. The topological polar surface area (TPSA) is 81.7 Å². The van der Waals surface area contributed by atoms with Crippen molar-refractivity contribution in [1.29, 1.82) is 0 Å². The van der Waals surface area contributed by atoms with E-state index in [1.165, 1.54) is 25.6 Å². The molecule has 1 atom stereocenters. The number of ether oxygens (including phenoxy) is 2. The molecule has 1 aromatic carbocycles. The van der Waals surface area contributed by atoms with Gasteiger partial charge in [-0.1, -0.05) is 12.1 Å². The number of benzene rings is 1. The predicted molar refractivity (Wildman–Crippen MR) is 101 cm³/mol. The third-order valence-corrected chi connectivity index (χ3v) is 6.12. The van der Waals surface area contributed by atoms with Gasteiger partial charge in [-0.15, -0.1) is 11.3 Å². The van der Waals surface area contributed by atoms with Crippen LogP contribution in [-0.2, 0) is 20.7 Å². The molecule has 136 valence electrons. The van der Waals surface area contributed by atoms with Crippen LogP contribution in [0.4, 0.5) is 5.00 Å². The van der Waals surface area contributed by atoms with Gasteiger partial charge in [0.15, 0.2) is 0 Å². The van der Waals surface area contributed by atoms with Crippen LogP contribution >= 0.6 is 27.3 Å². The maximum absolute atomic E-state index is 12.6. The van der Waals surface area contributed by atoms with Gasteiger partial charge in [0.25, 0.3) is 5.91 Å². The first kappa shape index (κ1) is 18.6. The van der Waals surface area contributed by atoms with Crippen molar-refractivity contribution in [2.45, 2.75) is 18.8 Å². The molecular formula is C18H16BrNO5S. The van der Waals surface area contributed by atoms with E-state index in [0.29, 0.717) is 33.4 Å². The summed E-state index contributed by atoms with van der Waals surface area (Å²) in [5.74, 6) is -1.84. The SMILES string of the molecule is COC(=O)c1c(NC(=O)c2ccccc2Br)sc2c1C(C(=O)OC)CC2. The number of anilines is 1. The number of thiophene rings is 1. The first-order valence-electron chi connectivity index (χ1n) is 7.85. The number of rotatable bonds is 4. The number of fused-ring (bicyclic) bond motifs is 1. The van der Waals surface area contributed by atoms with E-state index < -0.39 is 17.9 Å². The molecule has 0 bridgehead atoms. The quantitative estimate of drug-likeness (QED) is 0.736. The van der Waals surface area contributed by atoms with Crippen LogP contribution in [-0.4, -0.2) is 32.1 Å². The Bertz CT molecular complexity index is 892. The monoisotopic (exact) mass is 437 g/mol. The molecule has 1 aromatic heterocycles. The second-order valence-electron chi connectivity index (χ2n) is 5.68. The molecule has 1 aliphatic rings. The largest absolute Gasteiger partial charge is 0.469 e. The van der Waals surface area contributed by atoms with Crippen LogP contribution in [0.1, 0.15) is 43.5 Å². The molecule has 1 amide bonds. The highest BCUT2D eigenvalue weighted by Gasteiger charge is 2.38. The van der Waals surface area contributed by atoms with Crippen LogP contribution in [0.25, 0.3) is 0 Å². The summed E-state index contributed by atoms with van der Waals surface area (Å²) in [6, 6.07) is 7.00. The lowest BCUT2D eigenvalue weighted by molar-refractivity contribution is -0.142. The van der Waals surface area contributed by atoms with Crippen LogP contribution in [0.15, 0.2) is 28.7 Å². The molecular weight excluding hydrogens is 422 g/mol. The maximum atomic E-state index is 12.6. The van der Waals surface area contributed by atoms with Crippen molar-refractivity contribution >= 4 is 50.1 Å². The Morgan fingerprint density at radius 2 is 1.92 bits per heavy atom. The molecule has 0 saturated heterocycles. The van der Waals surface area contributed by atoms with Crippen LogP contribution in [0.5, 0.6) is 0 Å². The van der Waals surface area contributed by atoms with Crippen molar-refractivity contribution in [3.8, 4) is 0 Å². The number of halogens is 1. The van der Waals surface area contributed by atoms with Crippen LogP contribution in [0.2, 0.25) is 0 Å². The zero-order chi connectivity index (χ0) is 18.8.